The molecule has 1 unspecified atom stereocenters. The van der Waals surface area contributed by atoms with Crippen LogP contribution in [0, 0.1) is 5.92 Å². The third kappa shape index (κ3) is 3.73. The van der Waals surface area contributed by atoms with E-state index in [2.05, 4.69) is 16.9 Å². The predicted molar refractivity (Wildman–Crippen MR) is 111 cm³/mol. The number of nitrogens with one attached hydrogen (secondary N) is 1. The minimum Gasteiger partial charge on any atom is -0.493 e. The second-order valence-corrected chi connectivity index (χ2v) is 7.71. The zero-order valence-corrected chi connectivity index (χ0v) is 16.7. The molecular weight excluding hydrogens is 384 g/mol. The number of aliphatic hydroxyl groups excluding tert-OH is 1. The molecule has 0 spiro atoms. The lowest BCUT2D eigenvalue weighted by molar-refractivity contribution is 0.0697. The van der Waals surface area contributed by atoms with E-state index in [4.69, 9.17) is 0 Å². The molecule has 0 radical (unpaired) electrons. The number of nitrogens with zero attached hydrogens (tertiary/aromatic N) is 3. The zero-order chi connectivity index (χ0) is 21.3. The monoisotopic (exact) mass is 408 g/mol. The van der Waals surface area contributed by atoms with Crippen LogP contribution in [0.25, 0.3) is 5.69 Å². The van der Waals surface area contributed by atoms with Crippen molar-refractivity contribution >= 4 is 5.91 Å². The second-order valence-electron chi connectivity index (χ2n) is 7.71. The molecule has 1 atom stereocenters. The molecule has 1 saturated heterocycles. The van der Waals surface area contributed by atoms with Gasteiger partial charge in [-0.05, 0) is 60.7 Å². The van der Waals surface area contributed by atoms with E-state index in [1.165, 1.54) is 12.4 Å². The molecule has 1 aliphatic rings. The van der Waals surface area contributed by atoms with Crippen molar-refractivity contribution in [2.45, 2.75) is 25.9 Å². The summed E-state index contributed by atoms with van der Waals surface area (Å²) in [4.78, 5) is 33.4. The summed E-state index contributed by atoms with van der Waals surface area (Å²) in [6.45, 7) is 3.68. The van der Waals surface area contributed by atoms with Crippen molar-refractivity contribution in [3.63, 3.8) is 0 Å². The molecule has 0 aliphatic carbocycles. The van der Waals surface area contributed by atoms with Gasteiger partial charge in [-0.3, -0.25) is 9.78 Å². The first-order valence-electron chi connectivity index (χ1n) is 9.97. The SMILES string of the molecule is CC1CCN(C(=O)c2ccc(-n3c(O)c(C(O)c4ccncc4)[nH]c3=O)cc2)CC1. The Bertz CT molecular complexity index is 1080. The van der Waals surface area contributed by atoms with Gasteiger partial charge in [-0.25, -0.2) is 9.36 Å². The van der Waals surface area contributed by atoms with Crippen LogP contribution in [-0.4, -0.2) is 48.6 Å². The Hall–Kier alpha value is -3.39. The normalized spacial score (nSPS) is 15.9. The van der Waals surface area contributed by atoms with E-state index in [0.29, 0.717) is 22.7 Å². The lowest BCUT2D eigenvalue weighted by Gasteiger charge is -2.30. The quantitative estimate of drug-likeness (QED) is 0.613. The number of rotatable bonds is 4. The second kappa shape index (κ2) is 8.16. The molecule has 3 N–H and O–H groups in total. The number of likely N-dealkylation sites (tertiary alicyclic amines) is 1. The Labute approximate surface area is 173 Å². The lowest BCUT2D eigenvalue weighted by atomic mass is 9.98. The fraction of sp³-hybridized carbons (Fsp3) is 0.318. The summed E-state index contributed by atoms with van der Waals surface area (Å²) in [5.41, 5.74) is 0.832. The first-order chi connectivity index (χ1) is 14.5. The molecule has 0 bridgehead atoms. The predicted octanol–water partition coefficient (Wildman–Crippen LogP) is 2.22. The summed E-state index contributed by atoms with van der Waals surface area (Å²) in [6.07, 6.45) is 3.83. The van der Waals surface area contributed by atoms with Gasteiger partial charge in [0.05, 0.1) is 5.69 Å². The minimum absolute atomic E-state index is 0.00575. The number of pyridine rings is 1. The van der Waals surface area contributed by atoms with Gasteiger partial charge in [0.25, 0.3) is 5.91 Å². The minimum atomic E-state index is -1.20. The maximum Gasteiger partial charge on any atom is 0.333 e. The van der Waals surface area contributed by atoms with Crippen LogP contribution in [-0.2, 0) is 0 Å². The van der Waals surface area contributed by atoms with Crippen LogP contribution < -0.4 is 5.69 Å². The van der Waals surface area contributed by atoms with Crippen molar-refractivity contribution in [2.24, 2.45) is 5.92 Å². The summed E-state index contributed by atoms with van der Waals surface area (Å²) < 4.78 is 1.07. The molecule has 4 rings (SSSR count). The summed E-state index contributed by atoms with van der Waals surface area (Å²) in [7, 11) is 0. The molecule has 0 saturated carbocycles. The van der Waals surface area contributed by atoms with Crippen LogP contribution in [0.5, 0.6) is 5.88 Å². The summed E-state index contributed by atoms with van der Waals surface area (Å²) in [5.74, 6) is 0.220. The van der Waals surface area contributed by atoms with E-state index in [1.807, 2.05) is 4.90 Å². The third-order valence-electron chi connectivity index (χ3n) is 5.64. The Morgan fingerprint density at radius 2 is 1.77 bits per heavy atom. The Balaban J connectivity index is 1.58. The molecule has 1 aromatic carbocycles. The molecule has 1 aliphatic heterocycles. The van der Waals surface area contributed by atoms with Crippen molar-refractivity contribution in [1.29, 1.82) is 0 Å². The number of aromatic hydroxyl groups is 1. The standard InChI is InChI=1S/C22H24N4O4/c1-14-8-12-25(13-9-14)20(28)16-2-4-17(5-3-16)26-21(29)18(24-22(26)30)19(27)15-6-10-23-11-7-15/h2-7,10-11,14,19,27,29H,8-9,12-13H2,1H3,(H,24,30). The number of aliphatic hydroxyl groups is 1. The third-order valence-corrected chi connectivity index (χ3v) is 5.64. The summed E-state index contributed by atoms with van der Waals surface area (Å²) in [5, 5.41) is 21.1. The number of carbonyl (C=O) groups is 1. The zero-order valence-electron chi connectivity index (χ0n) is 16.7. The van der Waals surface area contributed by atoms with Crippen molar-refractivity contribution in [3.8, 4) is 11.6 Å². The molecule has 156 valence electrons. The number of hydrogen-bond acceptors (Lipinski definition) is 5. The van der Waals surface area contributed by atoms with Crippen molar-refractivity contribution in [1.82, 2.24) is 19.4 Å². The number of piperidine rings is 1. The van der Waals surface area contributed by atoms with E-state index in [9.17, 15) is 19.8 Å². The van der Waals surface area contributed by atoms with Gasteiger partial charge in [-0.2, -0.15) is 0 Å². The van der Waals surface area contributed by atoms with Crippen molar-refractivity contribution in [2.75, 3.05) is 13.1 Å². The van der Waals surface area contributed by atoms with Gasteiger partial charge >= 0.3 is 5.69 Å². The van der Waals surface area contributed by atoms with Crippen molar-refractivity contribution in [3.05, 3.63) is 76.1 Å². The van der Waals surface area contributed by atoms with Crippen molar-refractivity contribution < 1.29 is 15.0 Å². The van der Waals surface area contributed by atoms with Crippen LogP contribution in [0.3, 0.4) is 0 Å². The molecular formula is C22H24N4O4. The van der Waals surface area contributed by atoms with Gasteiger partial charge in [-0.1, -0.05) is 6.92 Å². The van der Waals surface area contributed by atoms with E-state index in [1.54, 1.807) is 36.4 Å². The van der Waals surface area contributed by atoms with Crippen LogP contribution in [0.1, 0.15) is 47.5 Å². The van der Waals surface area contributed by atoms with Gasteiger partial charge in [0.2, 0.25) is 5.88 Å². The topological polar surface area (TPSA) is 111 Å². The number of aromatic amines is 1. The molecule has 2 aromatic heterocycles. The largest absolute Gasteiger partial charge is 0.493 e. The van der Waals surface area contributed by atoms with E-state index < -0.39 is 11.8 Å². The molecule has 3 aromatic rings. The summed E-state index contributed by atoms with van der Waals surface area (Å²) in [6, 6.07) is 9.71. The average molecular weight is 408 g/mol. The Kier molecular flexibility index (Phi) is 5.41. The first kappa shape index (κ1) is 19.9. The van der Waals surface area contributed by atoms with Crippen LogP contribution in [0.2, 0.25) is 0 Å². The van der Waals surface area contributed by atoms with Crippen LogP contribution >= 0.6 is 0 Å². The van der Waals surface area contributed by atoms with Gasteiger partial charge < -0.3 is 20.1 Å². The van der Waals surface area contributed by atoms with Gasteiger partial charge in [0.1, 0.15) is 11.8 Å². The molecule has 1 fully saturated rings. The van der Waals surface area contributed by atoms with E-state index in [0.717, 1.165) is 30.5 Å². The highest BCUT2D eigenvalue weighted by Gasteiger charge is 2.24. The highest BCUT2D eigenvalue weighted by molar-refractivity contribution is 5.94. The van der Waals surface area contributed by atoms with E-state index >= 15 is 0 Å². The highest BCUT2D eigenvalue weighted by atomic mass is 16.3. The number of imidazole rings is 1. The fourth-order valence-electron chi connectivity index (χ4n) is 3.73. The number of carbonyl (C=O) groups excluding carboxylic acids is 1. The molecule has 30 heavy (non-hydrogen) atoms. The highest BCUT2D eigenvalue weighted by Crippen LogP contribution is 2.28. The number of H-pyrrole nitrogens is 1. The summed E-state index contributed by atoms with van der Waals surface area (Å²) >= 11 is 0. The molecule has 8 nitrogen and oxygen atoms in total. The van der Waals surface area contributed by atoms with Gasteiger partial charge in [0, 0.05) is 31.0 Å². The fourth-order valence-corrected chi connectivity index (χ4v) is 3.73. The Morgan fingerprint density at radius 1 is 1.13 bits per heavy atom. The maximum atomic E-state index is 12.7. The number of benzene rings is 1. The van der Waals surface area contributed by atoms with Crippen LogP contribution in [0.4, 0.5) is 0 Å². The molecule has 1 amide bonds. The molecule has 8 heteroatoms. The van der Waals surface area contributed by atoms with Gasteiger partial charge in [0.15, 0.2) is 0 Å². The van der Waals surface area contributed by atoms with E-state index in [-0.39, 0.29) is 17.5 Å². The Morgan fingerprint density at radius 3 is 2.40 bits per heavy atom. The smallest absolute Gasteiger partial charge is 0.333 e. The molecule has 3 heterocycles. The number of hydrogen-bond donors (Lipinski definition) is 3. The lowest BCUT2D eigenvalue weighted by Crippen LogP contribution is -2.37. The maximum absolute atomic E-state index is 12.7. The van der Waals surface area contributed by atoms with Gasteiger partial charge in [-0.15, -0.1) is 0 Å². The average Bonchev–Trinajstić information content (AvgIpc) is 3.08. The van der Waals surface area contributed by atoms with Crippen LogP contribution in [0.15, 0.2) is 53.6 Å². The first-order valence-corrected chi connectivity index (χ1v) is 9.97. The number of aromatic nitrogens is 3. The number of amides is 1.